The van der Waals surface area contributed by atoms with Gasteiger partial charge in [-0.3, -0.25) is 4.79 Å². The molecule has 0 aromatic heterocycles. The Morgan fingerprint density at radius 3 is 2.59 bits per heavy atom. The summed E-state index contributed by atoms with van der Waals surface area (Å²) in [5.74, 6) is -1.72. The molecule has 1 unspecified atom stereocenters. The second-order valence-corrected chi connectivity index (χ2v) is 5.80. The number of carbonyl (C=O) groups excluding carboxylic acids is 1. The lowest BCUT2D eigenvalue weighted by molar-refractivity contribution is 0.0907. The first-order chi connectivity index (χ1) is 7.75. The molecule has 0 heterocycles. The molecule has 5 heteroatoms. The molecule has 94 valence electrons. The van der Waals surface area contributed by atoms with Crippen LogP contribution in [0.5, 0.6) is 5.75 Å². The molecule has 0 saturated carbocycles. The molecule has 3 nitrogen and oxygen atoms in total. The van der Waals surface area contributed by atoms with Gasteiger partial charge in [-0.2, -0.15) is 0 Å². The minimum absolute atomic E-state index is 0.00728. The number of rotatable bonds is 3. The first kappa shape index (κ1) is 14.0. The van der Waals surface area contributed by atoms with Crippen molar-refractivity contribution in [3.63, 3.8) is 0 Å². The number of hydrogen-bond acceptors (Lipinski definition) is 2. The zero-order valence-electron chi connectivity index (χ0n) is 9.92. The fourth-order valence-corrected chi connectivity index (χ4v) is 1.31. The van der Waals surface area contributed by atoms with Crippen molar-refractivity contribution in [3.05, 3.63) is 29.6 Å². The highest BCUT2D eigenvalue weighted by Crippen LogP contribution is 2.22. The largest absolute Gasteiger partial charge is 0.507 e. The van der Waals surface area contributed by atoms with Crippen molar-refractivity contribution >= 4 is 21.8 Å². The van der Waals surface area contributed by atoms with E-state index in [2.05, 4.69) is 21.2 Å². The van der Waals surface area contributed by atoms with Crippen molar-refractivity contribution in [2.45, 2.75) is 31.1 Å². The molecular formula is C12H15BrFNO2. The van der Waals surface area contributed by atoms with Crippen LogP contribution in [0.2, 0.25) is 0 Å². The standard InChI is InChI=1S/C12H15BrFNO2/c1-7(13)12(2,3)15-11(17)10-8(14)5-4-6-9(10)16/h4-7,16H,1-3H3,(H,15,17). The Morgan fingerprint density at radius 2 is 2.12 bits per heavy atom. The summed E-state index contributed by atoms with van der Waals surface area (Å²) in [6.45, 7) is 5.49. The van der Waals surface area contributed by atoms with E-state index >= 15 is 0 Å². The molecule has 17 heavy (non-hydrogen) atoms. The van der Waals surface area contributed by atoms with E-state index in [1.807, 2.05) is 20.8 Å². The van der Waals surface area contributed by atoms with Gasteiger partial charge < -0.3 is 10.4 Å². The molecule has 0 aliphatic carbocycles. The molecule has 1 rings (SSSR count). The number of hydrogen-bond donors (Lipinski definition) is 2. The first-order valence-electron chi connectivity index (χ1n) is 5.19. The van der Waals surface area contributed by atoms with Gasteiger partial charge in [-0.05, 0) is 26.0 Å². The summed E-state index contributed by atoms with van der Waals surface area (Å²) >= 11 is 3.36. The number of aromatic hydroxyl groups is 1. The van der Waals surface area contributed by atoms with Gasteiger partial charge in [0, 0.05) is 10.4 Å². The molecule has 0 aliphatic heterocycles. The number of halogens is 2. The molecule has 1 aromatic rings. The summed E-state index contributed by atoms with van der Waals surface area (Å²) in [6.07, 6.45) is 0. The molecule has 2 N–H and O–H groups in total. The number of nitrogens with one attached hydrogen (secondary N) is 1. The lowest BCUT2D eigenvalue weighted by Gasteiger charge is -2.29. The van der Waals surface area contributed by atoms with Crippen LogP contribution in [0.25, 0.3) is 0 Å². The maximum Gasteiger partial charge on any atom is 0.258 e. The third-order valence-electron chi connectivity index (χ3n) is 2.65. The summed E-state index contributed by atoms with van der Waals surface area (Å²) in [4.78, 5) is 11.9. The number of benzene rings is 1. The molecular weight excluding hydrogens is 289 g/mol. The summed E-state index contributed by atoms with van der Waals surface area (Å²) in [5, 5.41) is 12.2. The second kappa shape index (κ2) is 5.04. The maximum absolute atomic E-state index is 13.4. The predicted octanol–water partition coefficient (Wildman–Crippen LogP) is 2.82. The van der Waals surface area contributed by atoms with Gasteiger partial charge in [0.25, 0.3) is 5.91 Å². The van der Waals surface area contributed by atoms with E-state index in [1.54, 1.807) is 0 Å². The smallest absolute Gasteiger partial charge is 0.258 e. The summed E-state index contributed by atoms with van der Waals surface area (Å²) < 4.78 is 13.4. The fraction of sp³-hybridized carbons (Fsp3) is 0.417. The molecule has 0 fully saturated rings. The topological polar surface area (TPSA) is 49.3 Å². The average molecular weight is 304 g/mol. The minimum atomic E-state index is -0.736. The van der Waals surface area contributed by atoms with Crippen LogP contribution in [0.4, 0.5) is 4.39 Å². The molecule has 0 aliphatic rings. The van der Waals surface area contributed by atoms with E-state index in [-0.39, 0.29) is 16.1 Å². The highest BCUT2D eigenvalue weighted by atomic mass is 79.9. The normalized spacial score (nSPS) is 13.2. The van der Waals surface area contributed by atoms with E-state index in [1.165, 1.54) is 12.1 Å². The van der Waals surface area contributed by atoms with Gasteiger partial charge >= 0.3 is 0 Å². The summed E-state index contributed by atoms with van der Waals surface area (Å²) in [5.41, 5.74) is -0.875. The summed E-state index contributed by atoms with van der Waals surface area (Å²) in [7, 11) is 0. The zero-order chi connectivity index (χ0) is 13.2. The van der Waals surface area contributed by atoms with Gasteiger partial charge in [0.1, 0.15) is 17.1 Å². The van der Waals surface area contributed by atoms with Crippen molar-refractivity contribution in [2.24, 2.45) is 0 Å². The quantitative estimate of drug-likeness (QED) is 0.844. The van der Waals surface area contributed by atoms with Gasteiger partial charge in [0.2, 0.25) is 0 Å². The number of carbonyl (C=O) groups is 1. The second-order valence-electron chi connectivity index (χ2n) is 4.43. The molecule has 0 saturated heterocycles. The van der Waals surface area contributed by atoms with Crippen LogP contribution in [0, 0.1) is 5.82 Å². The lowest BCUT2D eigenvalue weighted by atomic mass is 10.0. The summed E-state index contributed by atoms with van der Waals surface area (Å²) in [6, 6.07) is 3.77. The zero-order valence-corrected chi connectivity index (χ0v) is 11.5. The molecule has 0 spiro atoms. The number of amides is 1. The lowest BCUT2D eigenvalue weighted by Crippen LogP contribution is -2.49. The molecule has 0 bridgehead atoms. The van der Waals surface area contributed by atoms with Crippen molar-refractivity contribution in [2.75, 3.05) is 0 Å². The van der Waals surface area contributed by atoms with Crippen LogP contribution in [0.3, 0.4) is 0 Å². The van der Waals surface area contributed by atoms with Crippen LogP contribution in [-0.2, 0) is 0 Å². The predicted molar refractivity (Wildman–Crippen MR) is 68.0 cm³/mol. The minimum Gasteiger partial charge on any atom is -0.507 e. The van der Waals surface area contributed by atoms with Crippen LogP contribution < -0.4 is 5.32 Å². The fourth-order valence-electron chi connectivity index (χ4n) is 1.19. The highest BCUT2D eigenvalue weighted by Gasteiger charge is 2.28. The van der Waals surface area contributed by atoms with Crippen molar-refractivity contribution in [1.82, 2.24) is 5.32 Å². The van der Waals surface area contributed by atoms with E-state index in [0.29, 0.717) is 0 Å². The van der Waals surface area contributed by atoms with Gasteiger partial charge in [0.05, 0.1) is 0 Å². The van der Waals surface area contributed by atoms with Crippen molar-refractivity contribution in [1.29, 1.82) is 0 Å². The Bertz CT molecular complexity index is 412. The molecule has 1 atom stereocenters. The Kier molecular flexibility index (Phi) is 4.14. The van der Waals surface area contributed by atoms with Gasteiger partial charge in [-0.25, -0.2) is 4.39 Å². The van der Waals surface area contributed by atoms with E-state index in [4.69, 9.17) is 0 Å². The van der Waals surface area contributed by atoms with Crippen molar-refractivity contribution < 1.29 is 14.3 Å². The number of phenolic OH excluding ortho intramolecular Hbond substituents is 1. The maximum atomic E-state index is 13.4. The Labute approximate surface area is 108 Å². The SMILES string of the molecule is CC(Br)C(C)(C)NC(=O)c1c(O)cccc1F. The van der Waals surface area contributed by atoms with Crippen LogP contribution in [-0.4, -0.2) is 21.4 Å². The molecule has 0 radical (unpaired) electrons. The van der Waals surface area contributed by atoms with Gasteiger partial charge in [0.15, 0.2) is 0 Å². The van der Waals surface area contributed by atoms with Gasteiger partial charge in [-0.1, -0.05) is 28.9 Å². The van der Waals surface area contributed by atoms with Crippen LogP contribution in [0.15, 0.2) is 18.2 Å². The van der Waals surface area contributed by atoms with E-state index < -0.39 is 17.3 Å². The Morgan fingerprint density at radius 1 is 1.53 bits per heavy atom. The first-order valence-corrected chi connectivity index (χ1v) is 6.11. The third kappa shape index (κ3) is 3.19. The Hall–Kier alpha value is -1.10. The van der Waals surface area contributed by atoms with Gasteiger partial charge in [-0.15, -0.1) is 0 Å². The monoisotopic (exact) mass is 303 g/mol. The highest BCUT2D eigenvalue weighted by molar-refractivity contribution is 9.09. The van der Waals surface area contributed by atoms with Crippen LogP contribution in [0.1, 0.15) is 31.1 Å². The number of alkyl halides is 1. The molecule has 1 aromatic carbocycles. The van der Waals surface area contributed by atoms with E-state index in [9.17, 15) is 14.3 Å². The third-order valence-corrected chi connectivity index (χ3v) is 3.79. The van der Waals surface area contributed by atoms with E-state index in [0.717, 1.165) is 6.07 Å². The Balaban J connectivity index is 2.99. The molecule has 1 amide bonds. The van der Waals surface area contributed by atoms with Crippen LogP contribution >= 0.6 is 15.9 Å². The van der Waals surface area contributed by atoms with Crippen molar-refractivity contribution in [3.8, 4) is 5.75 Å². The number of phenols is 1. The average Bonchev–Trinajstić information content (AvgIpc) is 2.15.